The molecule has 1 N–H and O–H groups in total. The highest BCUT2D eigenvalue weighted by molar-refractivity contribution is 7.09. The standard InChI is InChI=1S/C24H24N2O3S/c1-2-28-22-14-16(9-12-21(22)29-15-18-6-5-13-30-18)23-25-20-8-4-3-7-19(20)24(27)26(23)17-10-11-17/h3-9,12-14,17,23,25H,2,10-11,15H2,1H3. The maximum absolute atomic E-state index is 13.2. The lowest BCUT2D eigenvalue weighted by Crippen LogP contribution is -2.44. The molecule has 1 aliphatic heterocycles. The largest absolute Gasteiger partial charge is 0.490 e. The van der Waals surface area contributed by atoms with E-state index in [9.17, 15) is 4.79 Å². The van der Waals surface area contributed by atoms with Crippen LogP contribution in [0.4, 0.5) is 5.69 Å². The van der Waals surface area contributed by atoms with Crippen LogP contribution >= 0.6 is 11.3 Å². The highest BCUT2D eigenvalue weighted by atomic mass is 32.1. The summed E-state index contributed by atoms with van der Waals surface area (Å²) in [5, 5.41) is 5.61. The molecule has 3 aromatic rings. The van der Waals surface area contributed by atoms with Gasteiger partial charge in [-0.3, -0.25) is 4.79 Å². The van der Waals surface area contributed by atoms with E-state index in [2.05, 4.69) is 11.4 Å². The van der Waals surface area contributed by atoms with Crippen molar-refractivity contribution in [3.05, 3.63) is 76.0 Å². The number of hydrogen-bond acceptors (Lipinski definition) is 5. The highest BCUT2D eigenvalue weighted by Crippen LogP contribution is 2.42. The number of thiophene rings is 1. The predicted molar refractivity (Wildman–Crippen MR) is 118 cm³/mol. The number of carbonyl (C=O) groups is 1. The number of nitrogens with zero attached hydrogens (tertiary/aromatic N) is 1. The number of ether oxygens (including phenoxy) is 2. The second-order valence-corrected chi connectivity index (χ2v) is 8.58. The smallest absolute Gasteiger partial charge is 0.258 e. The minimum atomic E-state index is -0.217. The Morgan fingerprint density at radius 3 is 2.70 bits per heavy atom. The van der Waals surface area contributed by atoms with E-state index in [0.717, 1.165) is 40.3 Å². The van der Waals surface area contributed by atoms with Gasteiger partial charge in [0.2, 0.25) is 0 Å². The summed E-state index contributed by atoms with van der Waals surface area (Å²) >= 11 is 1.67. The number of nitrogens with one attached hydrogen (secondary N) is 1. The molecule has 1 atom stereocenters. The number of anilines is 1. The van der Waals surface area contributed by atoms with Gasteiger partial charge in [0.1, 0.15) is 12.8 Å². The molecular weight excluding hydrogens is 396 g/mol. The van der Waals surface area contributed by atoms with Crippen LogP contribution in [-0.2, 0) is 6.61 Å². The van der Waals surface area contributed by atoms with E-state index in [1.807, 2.05) is 65.7 Å². The van der Waals surface area contributed by atoms with Crippen LogP contribution < -0.4 is 14.8 Å². The molecule has 2 aromatic carbocycles. The molecular formula is C24H24N2O3S. The minimum absolute atomic E-state index is 0.0906. The third-order valence-corrected chi connectivity index (χ3v) is 6.29. The fourth-order valence-electron chi connectivity index (χ4n) is 3.87. The molecule has 1 amide bonds. The number of rotatable bonds is 7. The average molecular weight is 421 g/mol. The zero-order valence-electron chi connectivity index (χ0n) is 16.8. The van der Waals surface area contributed by atoms with Gasteiger partial charge in [0.15, 0.2) is 11.5 Å². The van der Waals surface area contributed by atoms with Gasteiger partial charge in [-0.1, -0.05) is 24.3 Å². The van der Waals surface area contributed by atoms with Crippen molar-refractivity contribution in [1.82, 2.24) is 4.90 Å². The van der Waals surface area contributed by atoms with Crippen LogP contribution in [0, 0.1) is 0 Å². The van der Waals surface area contributed by atoms with Crippen molar-refractivity contribution in [2.75, 3.05) is 11.9 Å². The Balaban J connectivity index is 1.46. The van der Waals surface area contributed by atoms with Crippen LogP contribution in [0.25, 0.3) is 0 Å². The third kappa shape index (κ3) is 3.63. The monoisotopic (exact) mass is 420 g/mol. The first-order chi connectivity index (χ1) is 14.7. The van der Waals surface area contributed by atoms with E-state index in [4.69, 9.17) is 9.47 Å². The number of para-hydroxylation sites is 1. The average Bonchev–Trinajstić information content (AvgIpc) is 3.47. The Hall–Kier alpha value is -2.99. The van der Waals surface area contributed by atoms with Crippen LogP contribution in [0.5, 0.6) is 11.5 Å². The number of benzene rings is 2. The second-order valence-electron chi connectivity index (χ2n) is 7.54. The minimum Gasteiger partial charge on any atom is -0.490 e. The van der Waals surface area contributed by atoms with Gasteiger partial charge in [0.05, 0.1) is 12.2 Å². The van der Waals surface area contributed by atoms with Crippen LogP contribution in [0.3, 0.4) is 0 Å². The summed E-state index contributed by atoms with van der Waals surface area (Å²) in [4.78, 5) is 16.4. The molecule has 1 saturated carbocycles. The lowest BCUT2D eigenvalue weighted by Gasteiger charge is -2.38. The van der Waals surface area contributed by atoms with E-state index in [-0.39, 0.29) is 18.1 Å². The first kappa shape index (κ1) is 19.0. The topological polar surface area (TPSA) is 50.8 Å². The summed E-state index contributed by atoms with van der Waals surface area (Å²) in [7, 11) is 0. The summed E-state index contributed by atoms with van der Waals surface area (Å²) in [5.41, 5.74) is 2.61. The van der Waals surface area contributed by atoms with Crippen LogP contribution in [-0.4, -0.2) is 23.5 Å². The van der Waals surface area contributed by atoms with Crippen molar-refractivity contribution in [1.29, 1.82) is 0 Å². The van der Waals surface area contributed by atoms with Crippen LogP contribution in [0.15, 0.2) is 60.0 Å². The molecule has 5 rings (SSSR count). The molecule has 0 saturated heterocycles. The summed E-state index contributed by atoms with van der Waals surface area (Å²) in [6, 6.07) is 18.1. The van der Waals surface area contributed by atoms with E-state index < -0.39 is 0 Å². The Morgan fingerprint density at radius 2 is 1.93 bits per heavy atom. The van der Waals surface area contributed by atoms with Crippen molar-refractivity contribution < 1.29 is 14.3 Å². The Morgan fingerprint density at radius 1 is 1.07 bits per heavy atom. The molecule has 2 heterocycles. The molecule has 1 unspecified atom stereocenters. The van der Waals surface area contributed by atoms with Crippen molar-refractivity contribution in [3.8, 4) is 11.5 Å². The number of hydrogen-bond donors (Lipinski definition) is 1. The lowest BCUT2D eigenvalue weighted by atomic mass is 10.0. The first-order valence-electron chi connectivity index (χ1n) is 10.3. The molecule has 0 bridgehead atoms. The molecule has 2 aliphatic rings. The third-order valence-electron chi connectivity index (χ3n) is 5.44. The summed E-state index contributed by atoms with van der Waals surface area (Å²) < 4.78 is 11.9. The number of fused-ring (bicyclic) bond motifs is 1. The Kier molecular flexibility index (Phi) is 5.09. The number of carbonyl (C=O) groups excluding carboxylic acids is 1. The van der Waals surface area contributed by atoms with Gasteiger partial charge < -0.3 is 19.7 Å². The lowest BCUT2D eigenvalue weighted by molar-refractivity contribution is 0.0666. The van der Waals surface area contributed by atoms with E-state index >= 15 is 0 Å². The molecule has 30 heavy (non-hydrogen) atoms. The van der Waals surface area contributed by atoms with Gasteiger partial charge in [0.25, 0.3) is 5.91 Å². The maximum atomic E-state index is 13.2. The van der Waals surface area contributed by atoms with Crippen molar-refractivity contribution in [2.24, 2.45) is 0 Å². The van der Waals surface area contributed by atoms with Crippen molar-refractivity contribution in [2.45, 2.75) is 38.6 Å². The fourth-order valence-corrected chi connectivity index (χ4v) is 4.48. The molecule has 0 radical (unpaired) electrons. The van der Waals surface area contributed by atoms with Gasteiger partial charge in [-0.25, -0.2) is 0 Å². The predicted octanol–water partition coefficient (Wildman–Crippen LogP) is 5.45. The maximum Gasteiger partial charge on any atom is 0.258 e. The molecule has 5 nitrogen and oxygen atoms in total. The Labute approximate surface area is 180 Å². The zero-order valence-corrected chi connectivity index (χ0v) is 17.7. The Bertz CT molecular complexity index is 1050. The summed E-state index contributed by atoms with van der Waals surface area (Å²) in [6.45, 7) is 3.02. The van der Waals surface area contributed by atoms with Gasteiger partial charge in [0, 0.05) is 16.6 Å². The van der Waals surface area contributed by atoms with Gasteiger partial charge >= 0.3 is 0 Å². The van der Waals surface area contributed by atoms with E-state index in [1.165, 1.54) is 0 Å². The van der Waals surface area contributed by atoms with Gasteiger partial charge in [-0.05, 0) is 61.0 Å². The second kappa shape index (κ2) is 8.03. The molecule has 154 valence electrons. The van der Waals surface area contributed by atoms with Gasteiger partial charge in [-0.2, -0.15) is 0 Å². The molecule has 1 fully saturated rings. The highest BCUT2D eigenvalue weighted by Gasteiger charge is 2.42. The van der Waals surface area contributed by atoms with E-state index in [0.29, 0.717) is 19.0 Å². The van der Waals surface area contributed by atoms with Crippen LogP contribution in [0.1, 0.15) is 46.7 Å². The summed E-state index contributed by atoms with van der Waals surface area (Å²) in [5.74, 6) is 1.51. The molecule has 1 aromatic heterocycles. The quantitative estimate of drug-likeness (QED) is 0.552. The molecule has 0 spiro atoms. The molecule has 6 heteroatoms. The van der Waals surface area contributed by atoms with Gasteiger partial charge in [-0.15, -0.1) is 11.3 Å². The fraction of sp³-hybridized carbons (Fsp3) is 0.292. The summed E-state index contributed by atoms with van der Waals surface area (Å²) in [6.07, 6.45) is 1.88. The SMILES string of the molecule is CCOc1cc(C2Nc3ccccc3C(=O)N2C2CC2)ccc1OCc1cccs1. The number of amides is 1. The van der Waals surface area contributed by atoms with E-state index in [1.54, 1.807) is 11.3 Å². The van der Waals surface area contributed by atoms with Crippen LogP contribution in [0.2, 0.25) is 0 Å². The molecule has 1 aliphatic carbocycles. The first-order valence-corrected chi connectivity index (χ1v) is 11.2. The normalized spacial score (nSPS) is 18.0. The van der Waals surface area contributed by atoms with Crippen molar-refractivity contribution in [3.63, 3.8) is 0 Å². The zero-order chi connectivity index (χ0) is 20.5. The van der Waals surface area contributed by atoms with Crippen molar-refractivity contribution >= 4 is 22.9 Å².